The summed E-state index contributed by atoms with van der Waals surface area (Å²) < 4.78 is 27.0. The third-order valence-electron chi connectivity index (χ3n) is 5.45. The van der Waals surface area contributed by atoms with E-state index in [2.05, 4.69) is 36.5 Å². The van der Waals surface area contributed by atoms with E-state index in [4.69, 9.17) is 23.2 Å². The predicted molar refractivity (Wildman–Crippen MR) is 134 cm³/mol. The number of hydrogen-bond donors (Lipinski definition) is 1. The molecule has 5 nitrogen and oxygen atoms in total. The number of amides is 1. The number of aryl methyl sites for hydroxylation is 1. The number of carbonyl (C=O) groups excluding carboxylic acids is 1. The van der Waals surface area contributed by atoms with Crippen LogP contribution in [-0.2, 0) is 26.3 Å². The quantitative estimate of drug-likeness (QED) is 0.483. The largest absolute Gasteiger partial charge is 0.355 e. The van der Waals surface area contributed by atoms with E-state index in [9.17, 15) is 13.2 Å². The van der Waals surface area contributed by atoms with Gasteiger partial charge in [-0.2, -0.15) is 11.8 Å². The summed E-state index contributed by atoms with van der Waals surface area (Å²) in [6.07, 6.45) is 1.06. The average molecular weight is 516 g/mol. The van der Waals surface area contributed by atoms with Crippen molar-refractivity contribution in [1.82, 2.24) is 9.62 Å². The van der Waals surface area contributed by atoms with Gasteiger partial charge in [-0.05, 0) is 43.0 Å². The monoisotopic (exact) mass is 514 g/mol. The second-order valence-electron chi connectivity index (χ2n) is 8.01. The number of carbonyl (C=O) groups is 1. The van der Waals surface area contributed by atoms with Crippen LogP contribution in [-0.4, -0.2) is 44.0 Å². The van der Waals surface area contributed by atoms with Crippen LogP contribution in [0, 0.1) is 12.8 Å². The molecular weight excluding hydrogens is 487 g/mol. The number of piperidine rings is 1. The lowest BCUT2D eigenvalue weighted by atomic mass is 9.97. The molecule has 1 heterocycles. The van der Waals surface area contributed by atoms with Gasteiger partial charge in [0.25, 0.3) is 0 Å². The van der Waals surface area contributed by atoms with E-state index >= 15 is 0 Å². The molecule has 174 valence electrons. The van der Waals surface area contributed by atoms with E-state index in [0.29, 0.717) is 48.1 Å². The van der Waals surface area contributed by atoms with Crippen molar-refractivity contribution in [2.75, 3.05) is 25.4 Å². The maximum Gasteiger partial charge on any atom is 0.223 e. The smallest absolute Gasteiger partial charge is 0.223 e. The number of halogens is 2. The van der Waals surface area contributed by atoms with Crippen molar-refractivity contribution in [3.63, 3.8) is 0 Å². The van der Waals surface area contributed by atoms with Gasteiger partial charge in [0.1, 0.15) is 0 Å². The molecule has 0 atom stereocenters. The first-order valence-corrected chi connectivity index (χ1v) is 14.1. The maximum absolute atomic E-state index is 12.8. The van der Waals surface area contributed by atoms with Gasteiger partial charge < -0.3 is 5.32 Å². The summed E-state index contributed by atoms with van der Waals surface area (Å²) in [6, 6.07) is 13.3. The molecule has 0 bridgehead atoms. The van der Waals surface area contributed by atoms with Gasteiger partial charge in [-0.15, -0.1) is 0 Å². The fraction of sp³-hybridized carbons (Fsp3) is 0.435. The normalized spacial score (nSPS) is 15.6. The second-order valence-corrected chi connectivity index (χ2v) is 11.9. The van der Waals surface area contributed by atoms with Crippen LogP contribution in [0.2, 0.25) is 10.0 Å². The van der Waals surface area contributed by atoms with E-state index in [1.54, 1.807) is 30.0 Å². The minimum Gasteiger partial charge on any atom is -0.355 e. The Morgan fingerprint density at radius 2 is 1.84 bits per heavy atom. The molecule has 1 amide bonds. The van der Waals surface area contributed by atoms with Crippen LogP contribution in [0.3, 0.4) is 0 Å². The summed E-state index contributed by atoms with van der Waals surface area (Å²) in [7, 11) is -3.47. The summed E-state index contributed by atoms with van der Waals surface area (Å²) in [6.45, 7) is 3.40. The Morgan fingerprint density at radius 1 is 1.09 bits per heavy atom. The first-order chi connectivity index (χ1) is 15.2. The fourth-order valence-electron chi connectivity index (χ4n) is 3.71. The molecule has 0 radical (unpaired) electrons. The van der Waals surface area contributed by atoms with Gasteiger partial charge in [0.05, 0.1) is 15.8 Å². The molecule has 0 unspecified atom stereocenters. The molecule has 0 aliphatic carbocycles. The Morgan fingerprint density at radius 3 is 2.53 bits per heavy atom. The van der Waals surface area contributed by atoms with Gasteiger partial charge in [-0.3, -0.25) is 4.79 Å². The van der Waals surface area contributed by atoms with Gasteiger partial charge >= 0.3 is 0 Å². The summed E-state index contributed by atoms with van der Waals surface area (Å²) in [4.78, 5) is 12.5. The molecule has 0 saturated carbocycles. The van der Waals surface area contributed by atoms with E-state index in [0.717, 1.165) is 11.5 Å². The van der Waals surface area contributed by atoms with Crippen LogP contribution in [0.25, 0.3) is 0 Å². The van der Waals surface area contributed by atoms with Crippen LogP contribution in [0.4, 0.5) is 0 Å². The maximum atomic E-state index is 12.8. The predicted octanol–water partition coefficient (Wildman–Crippen LogP) is 4.89. The molecule has 2 aromatic rings. The van der Waals surface area contributed by atoms with Crippen molar-refractivity contribution < 1.29 is 13.2 Å². The van der Waals surface area contributed by atoms with E-state index in [1.807, 2.05) is 0 Å². The molecule has 0 aromatic heterocycles. The molecule has 2 aromatic carbocycles. The zero-order valence-corrected chi connectivity index (χ0v) is 21.2. The van der Waals surface area contributed by atoms with E-state index in [1.165, 1.54) is 15.4 Å². The zero-order chi connectivity index (χ0) is 23.1. The number of nitrogens with one attached hydrogen (secondary N) is 1. The number of benzene rings is 2. The third-order valence-corrected chi connectivity index (χ3v) is 9.07. The van der Waals surface area contributed by atoms with Crippen molar-refractivity contribution in [2.45, 2.75) is 31.3 Å². The highest BCUT2D eigenvalue weighted by Crippen LogP contribution is 2.26. The van der Waals surface area contributed by atoms with Gasteiger partial charge in [0, 0.05) is 37.1 Å². The Hall–Kier alpha value is -1.25. The Bertz CT molecular complexity index is 1040. The topological polar surface area (TPSA) is 66.5 Å². The molecule has 1 aliphatic heterocycles. The number of rotatable bonds is 9. The SMILES string of the molecule is Cc1cccc(CSCCNC(=O)C2CCN(S(=O)(=O)Cc3ccc(Cl)c(Cl)c3)CC2)c1. The minimum absolute atomic E-state index is 0.0164. The fourth-order valence-corrected chi connectivity index (χ4v) is 6.39. The molecule has 9 heteroatoms. The van der Waals surface area contributed by atoms with Crippen LogP contribution >= 0.6 is 35.0 Å². The highest BCUT2D eigenvalue weighted by Gasteiger charge is 2.31. The standard InChI is InChI=1S/C23H28Cl2N2O3S2/c1-17-3-2-4-18(13-17)15-31-12-9-26-23(28)20-7-10-27(11-8-20)32(29,30)16-19-5-6-21(24)22(25)14-19/h2-6,13-14,20H,7-12,15-16H2,1H3,(H,26,28). The van der Waals surface area contributed by atoms with Crippen molar-refractivity contribution in [3.8, 4) is 0 Å². The van der Waals surface area contributed by atoms with Crippen molar-refractivity contribution in [1.29, 1.82) is 0 Å². The summed E-state index contributed by atoms with van der Waals surface area (Å²) in [5, 5.41) is 3.74. The molecule has 1 aliphatic rings. The van der Waals surface area contributed by atoms with Crippen LogP contribution in [0.5, 0.6) is 0 Å². The molecule has 32 heavy (non-hydrogen) atoms. The van der Waals surface area contributed by atoms with Gasteiger partial charge in [-0.1, -0.05) is 59.1 Å². The molecule has 1 saturated heterocycles. The van der Waals surface area contributed by atoms with Crippen molar-refractivity contribution in [2.24, 2.45) is 5.92 Å². The van der Waals surface area contributed by atoms with Crippen LogP contribution in [0.15, 0.2) is 42.5 Å². The first kappa shape index (κ1) is 25.4. The highest BCUT2D eigenvalue weighted by molar-refractivity contribution is 7.98. The van der Waals surface area contributed by atoms with Crippen LogP contribution < -0.4 is 5.32 Å². The van der Waals surface area contributed by atoms with Gasteiger partial charge in [-0.25, -0.2) is 12.7 Å². The summed E-state index contributed by atoms with van der Waals surface area (Å²) in [5.74, 6) is 1.51. The molecule has 1 N–H and O–H groups in total. The first-order valence-electron chi connectivity index (χ1n) is 10.6. The highest BCUT2D eigenvalue weighted by atomic mass is 35.5. The van der Waals surface area contributed by atoms with Crippen molar-refractivity contribution in [3.05, 3.63) is 69.2 Å². The van der Waals surface area contributed by atoms with E-state index < -0.39 is 10.0 Å². The number of sulfonamides is 1. The molecule has 1 fully saturated rings. The summed E-state index contributed by atoms with van der Waals surface area (Å²) in [5.41, 5.74) is 3.14. The Balaban J connectivity index is 1.38. The second kappa shape index (κ2) is 11.7. The lowest BCUT2D eigenvalue weighted by molar-refractivity contribution is -0.125. The molecular formula is C23H28Cl2N2O3S2. The van der Waals surface area contributed by atoms with Crippen molar-refractivity contribution >= 4 is 50.9 Å². The third kappa shape index (κ3) is 7.39. The lowest BCUT2D eigenvalue weighted by Crippen LogP contribution is -2.43. The lowest BCUT2D eigenvalue weighted by Gasteiger charge is -2.30. The zero-order valence-electron chi connectivity index (χ0n) is 18.0. The summed E-state index contributed by atoms with van der Waals surface area (Å²) >= 11 is 13.7. The Kier molecular flexibility index (Phi) is 9.32. The van der Waals surface area contributed by atoms with E-state index in [-0.39, 0.29) is 17.6 Å². The minimum atomic E-state index is -3.47. The number of thioether (sulfide) groups is 1. The van der Waals surface area contributed by atoms with Gasteiger partial charge in [0.2, 0.25) is 15.9 Å². The molecule has 0 spiro atoms. The number of nitrogens with zero attached hydrogens (tertiary/aromatic N) is 1. The number of hydrogen-bond acceptors (Lipinski definition) is 4. The van der Waals surface area contributed by atoms with Gasteiger partial charge in [0.15, 0.2) is 0 Å². The average Bonchev–Trinajstić information content (AvgIpc) is 2.76. The van der Waals surface area contributed by atoms with Crippen LogP contribution in [0.1, 0.15) is 29.5 Å². The molecule has 3 rings (SSSR count). The Labute approximate surface area is 204 Å².